The summed E-state index contributed by atoms with van der Waals surface area (Å²) in [6.45, 7) is 82.6. The molecule has 40 atom stereocenters. The van der Waals surface area contributed by atoms with Gasteiger partial charge in [0.05, 0.1) is 40.9 Å². The molecule has 0 bridgehead atoms. The van der Waals surface area contributed by atoms with Gasteiger partial charge >= 0.3 is 12.1 Å². The first-order valence-corrected chi connectivity index (χ1v) is 56.9. The number of carbonyl (C=O) groups excluding carboxylic acids is 2. The van der Waals surface area contributed by atoms with Crippen molar-refractivity contribution in [2.75, 3.05) is 0 Å². The molecular formula is C123H202ClN3O9. The Hall–Kier alpha value is -2.83. The highest BCUT2D eigenvalue weighted by atomic mass is 35.5. The number of fused-ring (bicyclic) bond motifs is 28. The quantitative estimate of drug-likeness (QED) is 0.0733. The third-order valence-corrected chi connectivity index (χ3v) is 53.8. The Morgan fingerprint density at radius 1 is 0.338 bits per heavy atom. The minimum absolute atomic E-state index is 0. The van der Waals surface area contributed by atoms with Crippen molar-refractivity contribution < 1.29 is 62.8 Å². The van der Waals surface area contributed by atoms with Crippen LogP contribution < -0.4 is 23.5 Å². The third kappa shape index (κ3) is 14.7. The molecule has 20 saturated carbocycles. The van der Waals surface area contributed by atoms with Gasteiger partial charge in [0.15, 0.2) is 0 Å². The number of amides is 1. The lowest BCUT2D eigenvalue weighted by molar-refractivity contribution is -0.505. The Kier molecular flexibility index (Phi) is 26.8. The van der Waals surface area contributed by atoms with Gasteiger partial charge in [0, 0.05) is 24.3 Å². The summed E-state index contributed by atoms with van der Waals surface area (Å²) < 4.78 is 5.81. The monoisotopic (exact) mass is 1900 g/mol. The van der Waals surface area contributed by atoms with Gasteiger partial charge in [-0.15, -0.1) is 0 Å². The Morgan fingerprint density at radius 3 is 1.00 bits per heavy atom. The molecule has 20 aliphatic rings. The van der Waals surface area contributed by atoms with E-state index in [1.54, 1.807) is 0 Å². The van der Waals surface area contributed by atoms with Crippen LogP contribution in [0.1, 0.15) is 444 Å². The number of carboxylic acids is 1. The number of halogens is 1. The highest BCUT2D eigenvalue weighted by molar-refractivity contribution is 5.76. The number of hydrogen-bond donors (Lipinski definition) is 7. The van der Waals surface area contributed by atoms with Crippen LogP contribution in [0.2, 0.25) is 0 Å². The van der Waals surface area contributed by atoms with E-state index in [0.717, 1.165) is 120 Å². The average Bonchev–Trinajstić information content (AvgIpc) is 1.17. The maximum atomic E-state index is 13.2. The van der Waals surface area contributed by atoms with Crippen molar-refractivity contribution in [3.05, 3.63) is 48.6 Å². The molecule has 20 rings (SSSR count). The van der Waals surface area contributed by atoms with Crippen LogP contribution >= 0.6 is 0 Å². The number of nitrogens with one attached hydrogen (secondary N) is 1. The molecule has 0 radical (unpaired) electrons. The number of aliphatic carboxylic acids is 1. The number of aliphatic hydroxyl groups is 4. The van der Waals surface area contributed by atoms with Crippen LogP contribution in [0.4, 0.5) is 4.79 Å². The van der Waals surface area contributed by atoms with Crippen LogP contribution in [0.15, 0.2) is 53.6 Å². The number of quaternary nitrogens is 1. The first kappa shape index (κ1) is 106. The van der Waals surface area contributed by atoms with Crippen molar-refractivity contribution in [3.8, 4) is 0 Å². The highest BCUT2D eigenvalue weighted by Gasteiger charge is 2.78. The zero-order valence-corrected chi connectivity index (χ0v) is 92.6. The predicted molar refractivity (Wildman–Crippen MR) is 549 cm³/mol. The fourth-order valence-electron chi connectivity index (χ4n) is 46.0. The number of alkyl carbamates (subject to hydrolysis) is 1. The predicted octanol–water partition coefficient (Wildman–Crippen LogP) is 25.5. The van der Waals surface area contributed by atoms with Gasteiger partial charge in [-0.2, -0.15) is 4.99 Å². The Morgan fingerprint density at radius 2 is 0.640 bits per heavy atom. The summed E-state index contributed by atoms with van der Waals surface area (Å²) in [5.74, 6) is 11.1. The minimum atomic E-state index is -0.538. The van der Waals surface area contributed by atoms with Gasteiger partial charge < -0.3 is 53.7 Å². The average molecular weight is 1900 g/mol. The molecule has 9 N–H and O–H groups in total. The fraction of sp³-hybridized carbons (Fsp3) is 0.911. The minimum Gasteiger partial charge on any atom is -1.00 e. The molecule has 0 aromatic heterocycles. The molecular weight excluding hydrogens is 1700 g/mol. The molecule has 136 heavy (non-hydrogen) atoms. The van der Waals surface area contributed by atoms with Crippen LogP contribution in [0.5, 0.6) is 0 Å². The van der Waals surface area contributed by atoms with E-state index in [9.17, 15) is 39.9 Å². The zero-order chi connectivity index (χ0) is 98.9. The van der Waals surface area contributed by atoms with E-state index in [1.807, 2.05) is 26.9 Å². The van der Waals surface area contributed by atoms with Gasteiger partial charge in [-0.3, -0.25) is 4.79 Å². The number of isocyanates is 1. The third-order valence-electron chi connectivity index (χ3n) is 53.8. The van der Waals surface area contributed by atoms with Crippen LogP contribution in [0.3, 0.4) is 0 Å². The van der Waals surface area contributed by atoms with E-state index >= 15 is 0 Å². The summed E-state index contributed by atoms with van der Waals surface area (Å²) in [5, 5.41) is 57.7. The first-order chi connectivity index (χ1) is 62.4. The lowest BCUT2D eigenvalue weighted by Crippen LogP contribution is -3.00. The Balaban J connectivity index is 0.000000131. The summed E-state index contributed by atoms with van der Waals surface area (Å²) in [4.78, 5) is 42.1. The number of nitrogens with zero attached hydrogens (tertiary/aromatic N) is 1. The smallest absolute Gasteiger partial charge is 0.408 e. The normalized spacial score (nSPS) is 53.7. The highest BCUT2D eigenvalue weighted by Crippen LogP contribution is 2.84. The van der Waals surface area contributed by atoms with Crippen molar-refractivity contribution in [2.24, 2.45) is 215 Å². The van der Waals surface area contributed by atoms with Crippen molar-refractivity contribution in [1.82, 2.24) is 5.32 Å². The van der Waals surface area contributed by atoms with Crippen LogP contribution in [-0.2, 0) is 14.3 Å². The number of rotatable bonds is 7. The van der Waals surface area contributed by atoms with E-state index in [4.69, 9.17) is 10.5 Å². The van der Waals surface area contributed by atoms with Gasteiger partial charge in [-0.25, -0.2) is 9.59 Å². The number of aliphatic imine (C=N–C) groups is 1. The van der Waals surface area contributed by atoms with Crippen molar-refractivity contribution in [1.29, 1.82) is 0 Å². The number of ether oxygens (including phenoxy) is 1. The summed E-state index contributed by atoms with van der Waals surface area (Å²) in [6, 6.07) is 0. The first-order valence-electron chi connectivity index (χ1n) is 56.9. The van der Waals surface area contributed by atoms with Crippen molar-refractivity contribution in [2.45, 2.75) is 490 Å². The molecule has 0 aliphatic heterocycles. The van der Waals surface area contributed by atoms with Crippen LogP contribution in [0, 0.1) is 210 Å². The molecule has 0 aromatic carbocycles. The molecule has 0 unspecified atom stereocenters. The molecule has 12 nitrogen and oxygen atoms in total. The second kappa shape index (κ2) is 34.4. The van der Waals surface area contributed by atoms with Crippen molar-refractivity contribution >= 4 is 18.1 Å². The molecule has 1 amide bonds. The maximum absolute atomic E-state index is 13.2. The summed E-state index contributed by atoms with van der Waals surface area (Å²) in [6.07, 6.45) is 47.8. The second-order valence-electron chi connectivity index (χ2n) is 60.2. The molecule has 13 heteroatoms. The molecule has 20 fully saturated rings. The number of allylic oxidation sites excluding steroid dienone is 4. The SMILES string of the molecule is C=C(C)[C@@H]1CC[C@]2(C(=O)O)CC[C@]3(C)[C@H](CC[C@@H]4[C@@]5(C)CC[C@H](O)C(C)(C)[C@@H]5CC[C@]43C)[C@@H]12.C=C(C)[C@@H]1CC[C@]2(N=C=O)CC[C@]3(C)[C@H](CC[C@@H]4[C@@]5(C)CC[C@H](O)C(C)(C)[C@@H]5CC[C@]43C)[C@@H]12.C=C(C)[C@@H]1CC[C@]2(NC(=O)OC(C)(C)C)CC[C@]3(C)[C@H](CC[C@@H]4[C@@]5(C)CC[C@H](O)C(C)(C)[C@@H]5CC[C@]43C)[C@@H]12.C=C(C)[C@@H]1CC[C@]2([NH3+])CC[C@]3(C)[C@H](CC[C@@H]4[C@@]5(C)CC[C@H](O)C(C)(C)[C@@H]5CC[C@]43C)[C@@H]12.[Cl-]. The van der Waals surface area contributed by atoms with Gasteiger partial charge in [-0.05, 0) is 492 Å². The van der Waals surface area contributed by atoms with E-state index < -0.39 is 17.0 Å². The maximum Gasteiger partial charge on any atom is 0.408 e. The molecule has 770 valence electrons. The number of aliphatic hydroxyl groups excluding tert-OH is 4. The van der Waals surface area contributed by atoms with Crippen molar-refractivity contribution in [3.63, 3.8) is 0 Å². The van der Waals surface area contributed by atoms with Gasteiger partial charge in [0.25, 0.3) is 0 Å². The molecule has 0 heterocycles. The standard InChI is InChI=1S/C34H57NO3.C30H47NO2.C30H48O3.C29H49NO.ClH/c1-21(2)22-13-18-34(35-28(37)38-29(3,4)5)20-19-32(9)23(27(22)34)11-12-25-31(8)16-15-26(36)30(6,7)24(31)14-17-33(25,32)10;1-19(2)20-10-15-30(31-18-32)17-16-28(6)21(25(20)30)8-9-23-27(5)13-12-24(33)26(3,4)22(27)11-14-29(23,28)7;1-18(2)19-10-15-30(25(32)33)17-16-28(6)20(24(19)30)8-9-22-27(5)13-12-23(31)26(3,4)21(27)11-14-29(22,28)7;1-18(2)19-10-15-29(30)17-16-27(6)20(24(19)29)8-9-22-26(5)13-12-23(31)25(3,4)21(26)11-14-28(22,27)7;/h22-27,36H,1,11-20H2,2-10H3,(H,35,37);20-25,33H,1,8-17H2,2-7H3;19-24,31H,1,8-17H2,2-7H3,(H,32,33);19-24,31H,1,8-17,30H2,2-7H3;1H/t22-,23+,24-,25+,26-,27+,31-,32+,33+,34-;20-,21+,22-,23+,24-,25+,27-,28+,29+,30-;19-,20+,21-,22+,23-,24+,27-,28+,29+,30-;19-,20+,21-,22+,23-,24+,26-,27+,28+,29-;/m0000./s1. The molecule has 0 spiro atoms. The second-order valence-corrected chi connectivity index (χ2v) is 60.2. The lowest BCUT2D eigenvalue weighted by atomic mass is 9.32. The summed E-state index contributed by atoms with van der Waals surface area (Å²) >= 11 is 0. The van der Waals surface area contributed by atoms with E-state index in [2.05, 4.69) is 203 Å². The molecule has 0 aromatic rings. The number of carbonyl (C=O) groups is 2. The summed E-state index contributed by atoms with van der Waals surface area (Å²) in [7, 11) is 0. The van der Waals surface area contributed by atoms with E-state index in [1.165, 1.54) is 176 Å². The number of hydrogen-bond acceptors (Lipinski definition) is 9. The van der Waals surface area contributed by atoms with Gasteiger partial charge in [0.1, 0.15) is 5.60 Å². The molecule has 0 saturated heterocycles. The van der Waals surface area contributed by atoms with E-state index in [0.29, 0.717) is 127 Å². The van der Waals surface area contributed by atoms with Gasteiger partial charge in [-0.1, -0.05) is 187 Å². The lowest BCUT2D eigenvalue weighted by Gasteiger charge is -2.73. The van der Waals surface area contributed by atoms with Crippen LogP contribution in [0.25, 0.3) is 0 Å². The number of carboxylic acid groups (broad SMARTS) is 1. The van der Waals surface area contributed by atoms with Crippen LogP contribution in [-0.4, -0.2) is 90.3 Å². The zero-order valence-electron chi connectivity index (χ0n) is 91.9. The van der Waals surface area contributed by atoms with Gasteiger partial charge in [0.2, 0.25) is 6.08 Å². The largest absolute Gasteiger partial charge is 1.00 e. The fourth-order valence-corrected chi connectivity index (χ4v) is 46.0. The Bertz CT molecular complexity index is 4520. The van der Waals surface area contributed by atoms with E-state index in [-0.39, 0.29) is 119 Å². The Labute approximate surface area is 835 Å². The summed E-state index contributed by atoms with van der Waals surface area (Å²) in [5.41, 5.74) is 12.7. The topological polar surface area (TPSA) is 214 Å². The molecule has 20 aliphatic carbocycles.